The highest BCUT2D eigenvalue weighted by molar-refractivity contribution is 6.99. The maximum absolute atomic E-state index is 12.9. The van der Waals surface area contributed by atoms with Crippen molar-refractivity contribution in [1.82, 2.24) is 4.98 Å². The Kier molecular flexibility index (Phi) is 7.59. The molecule has 0 unspecified atom stereocenters. The van der Waals surface area contributed by atoms with Crippen molar-refractivity contribution in [2.45, 2.75) is 32.2 Å². The van der Waals surface area contributed by atoms with Gasteiger partial charge in [-0.05, 0) is 39.7 Å². The minimum Gasteiger partial charge on any atom is -0.423 e. The SMILES string of the molecule is CC(C)(C)[Si](OCCc1ncccc1C(=O)Oc1ccccc1)(c1ccccc1)c1ccccc1. The lowest BCUT2D eigenvalue weighted by Gasteiger charge is -2.43. The van der Waals surface area contributed by atoms with Gasteiger partial charge in [0.05, 0.1) is 11.3 Å². The van der Waals surface area contributed by atoms with Gasteiger partial charge in [0.1, 0.15) is 5.75 Å². The number of rotatable bonds is 8. The number of hydrogen-bond acceptors (Lipinski definition) is 4. The molecule has 0 saturated heterocycles. The Morgan fingerprint density at radius 1 is 0.771 bits per heavy atom. The largest absolute Gasteiger partial charge is 0.423 e. The zero-order valence-corrected chi connectivity index (χ0v) is 21.5. The number of carbonyl (C=O) groups excluding carboxylic acids is 1. The molecule has 0 aliphatic carbocycles. The average molecular weight is 482 g/mol. The van der Waals surface area contributed by atoms with Crippen molar-refractivity contribution < 1.29 is 14.0 Å². The van der Waals surface area contributed by atoms with Gasteiger partial charge in [-0.2, -0.15) is 0 Å². The molecule has 0 aliphatic heterocycles. The topological polar surface area (TPSA) is 48.4 Å². The molecule has 0 atom stereocenters. The Morgan fingerprint density at radius 3 is 1.86 bits per heavy atom. The van der Waals surface area contributed by atoms with Gasteiger partial charge in [0.25, 0.3) is 8.32 Å². The molecule has 0 saturated carbocycles. The summed E-state index contributed by atoms with van der Waals surface area (Å²) in [6.07, 6.45) is 2.21. The van der Waals surface area contributed by atoms with Gasteiger partial charge in [-0.1, -0.05) is 99.6 Å². The van der Waals surface area contributed by atoms with Gasteiger partial charge in [0.15, 0.2) is 0 Å². The van der Waals surface area contributed by atoms with Crippen LogP contribution in [0.4, 0.5) is 0 Å². The van der Waals surface area contributed by atoms with Crippen molar-refractivity contribution in [2.75, 3.05) is 6.61 Å². The second kappa shape index (κ2) is 10.8. The number of esters is 1. The summed E-state index contributed by atoms with van der Waals surface area (Å²) in [5, 5.41) is 2.33. The lowest BCUT2D eigenvalue weighted by molar-refractivity contribution is 0.0733. The van der Waals surface area contributed by atoms with Crippen LogP contribution in [0.25, 0.3) is 0 Å². The van der Waals surface area contributed by atoms with E-state index in [2.05, 4.69) is 74.3 Å². The predicted molar refractivity (Wildman–Crippen MR) is 143 cm³/mol. The van der Waals surface area contributed by atoms with Gasteiger partial charge in [0, 0.05) is 19.2 Å². The fraction of sp³-hybridized carbons (Fsp3) is 0.200. The smallest absolute Gasteiger partial charge is 0.345 e. The molecular weight excluding hydrogens is 450 g/mol. The maximum atomic E-state index is 12.9. The quantitative estimate of drug-likeness (QED) is 0.192. The Morgan fingerprint density at radius 2 is 1.31 bits per heavy atom. The monoisotopic (exact) mass is 481 g/mol. The highest BCUT2D eigenvalue weighted by atomic mass is 28.4. The van der Waals surface area contributed by atoms with Crippen LogP contribution in [0.5, 0.6) is 5.75 Å². The fourth-order valence-electron chi connectivity index (χ4n) is 4.54. The highest BCUT2D eigenvalue weighted by Crippen LogP contribution is 2.36. The molecule has 0 aliphatic rings. The van der Waals surface area contributed by atoms with Crippen LogP contribution < -0.4 is 15.1 Å². The molecule has 4 nitrogen and oxygen atoms in total. The van der Waals surface area contributed by atoms with Crippen LogP contribution in [0.2, 0.25) is 5.04 Å². The molecule has 5 heteroatoms. The van der Waals surface area contributed by atoms with E-state index in [9.17, 15) is 4.79 Å². The van der Waals surface area contributed by atoms with E-state index >= 15 is 0 Å². The van der Waals surface area contributed by atoms with Crippen molar-refractivity contribution in [1.29, 1.82) is 0 Å². The number of para-hydroxylation sites is 1. The number of nitrogens with zero attached hydrogens (tertiary/aromatic N) is 1. The van der Waals surface area contributed by atoms with Crippen molar-refractivity contribution in [3.63, 3.8) is 0 Å². The Bertz CT molecular complexity index is 1200. The van der Waals surface area contributed by atoms with E-state index in [-0.39, 0.29) is 5.04 Å². The number of pyridine rings is 1. The molecule has 0 spiro atoms. The van der Waals surface area contributed by atoms with Crippen LogP contribution in [0.1, 0.15) is 36.8 Å². The second-order valence-corrected chi connectivity index (χ2v) is 13.8. The molecule has 0 fully saturated rings. The van der Waals surface area contributed by atoms with E-state index in [4.69, 9.17) is 9.16 Å². The standard InChI is InChI=1S/C30H31NO3Si/c1-30(2,3)35(25-16-9-5-10-17-25,26-18-11-6-12-19-26)33-23-21-28-27(20-13-22-31-28)29(32)34-24-14-7-4-8-15-24/h4-20,22H,21,23H2,1-3H3. The van der Waals surface area contributed by atoms with Crippen LogP contribution in [-0.4, -0.2) is 25.9 Å². The normalized spacial score (nSPS) is 11.7. The minimum absolute atomic E-state index is 0.116. The Balaban J connectivity index is 1.61. The molecule has 0 radical (unpaired) electrons. The summed E-state index contributed by atoms with van der Waals surface area (Å²) in [4.78, 5) is 17.4. The lowest BCUT2D eigenvalue weighted by Crippen LogP contribution is -2.66. The van der Waals surface area contributed by atoms with Crippen LogP contribution >= 0.6 is 0 Å². The molecule has 35 heavy (non-hydrogen) atoms. The molecular formula is C30H31NO3Si. The first kappa shape index (κ1) is 24.6. The summed E-state index contributed by atoms with van der Waals surface area (Å²) in [6, 6.07) is 33.7. The number of hydrogen-bond donors (Lipinski definition) is 0. The van der Waals surface area contributed by atoms with E-state index in [1.807, 2.05) is 30.3 Å². The molecule has 3 aromatic carbocycles. The first-order valence-electron chi connectivity index (χ1n) is 11.9. The van der Waals surface area contributed by atoms with Crippen LogP contribution in [0, 0.1) is 0 Å². The van der Waals surface area contributed by atoms with Crippen LogP contribution in [-0.2, 0) is 10.8 Å². The third kappa shape index (κ3) is 5.42. The van der Waals surface area contributed by atoms with Crippen molar-refractivity contribution in [2.24, 2.45) is 0 Å². The second-order valence-electron chi connectivity index (χ2n) is 9.46. The van der Waals surface area contributed by atoms with Gasteiger partial charge in [-0.25, -0.2) is 4.79 Å². The highest BCUT2D eigenvalue weighted by Gasteiger charge is 2.50. The molecule has 0 N–H and O–H groups in total. The molecule has 1 heterocycles. The number of ether oxygens (including phenoxy) is 1. The fourth-order valence-corrected chi connectivity index (χ4v) is 9.10. The molecule has 178 valence electrons. The summed E-state index contributed by atoms with van der Waals surface area (Å²) in [5.41, 5.74) is 1.13. The number of carbonyl (C=O) groups is 1. The van der Waals surface area contributed by atoms with Crippen LogP contribution in [0.15, 0.2) is 109 Å². The minimum atomic E-state index is -2.65. The maximum Gasteiger partial charge on any atom is 0.345 e. The molecule has 0 amide bonds. The van der Waals surface area contributed by atoms with E-state index in [1.165, 1.54) is 10.4 Å². The third-order valence-corrected chi connectivity index (χ3v) is 11.2. The summed E-state index contributed by atoms with van der Waals surface area (Å²) in [5.74, 6) is 0.0978. The third-order valence-electron chi connectivity index (χ3n) is 6.14. The van der Waals surface area contributed by atoms with Crippen molar-refractivity contribution in [3.05, 3.63) is 121 Å². The molecule has 0 bridgehead atoms. The first-order valence-corrected chi connectivity index (χ1v) is 13.8. The van der Waals surface area contributed by atoms with Crippen molar-refractivity contribution in [3.8, 4) is 5.75 Å². The van der Waals surface area contributed by atoms with E-state index in [0.29, 0.717) is 30.0 Å². The molecule has 1 aromatic heterocycles. The predicted octanol–water partition coefficient (Wildman–Crippen LogP) is 5.42. The first-order chi connectivity index (χ1) is 16.9. The van der Waals surface area contributed by atoms with Gasteiger partial charge >= 0.3 is 5.97 Å². The molecule has 4 rings (SSSR count). The van der Waals surface area contributed by atoms with E-state index < -0.39 is 14.3 Å². The Labute approximate surface area is 208 Å². The van der Waals surface area contributed by atoms with E-state index in [0.717, 1.165) is 0 Å². The van der Waals surface area contributed by atoms with E-state index in [1.54, 1.807) is 30.5 Å². The summed E-state index contributed by atoms with van der Waals surface area (Å²) < 4.78 is 12.5. The summed E-state index contributed by atoms with van der Waals surface area (Å²) in [6.45, 7) is 7.20. The Hall–Kier alpha value is -3.54. The van der Waals surface area contributed by atoms with Gasteiger partial charge in [-0.15, -0.1) is 0 Å². The number of aromatic nitrogens is 1. The number of benzene rings is 3. The zero-order chi connectivity index (χ0) is 24.7. The summed E-state index contributed by atoms with van der Waals surface area (Å²) >= 11 is 0. The average Bonchev–Trinajstić information content (AvgIpc) is 2.88. The van der Waals surface area contributed by atoms with Crippen LogP contribution in [0.3, 0.4) is 0 Å². The lowest BCUT2D eigenvalue weighted by atomic mass is 10.1. The molecule has 4 aromatic rings. The van der Waals surface area contributed by atoms with Gasteiger partial charge in [-0.3, -0.25) is 4.98 Å². The summed E-state index contributed by atoms with van der Waals surface area (Å²) in [7, 11) is -2.65. The van der Waals surface area contributed by atoms with Crippen molar-refractivity contribution >= 4 is 24.7 Å². The zero-order valence-electron chi connectivity index (χ0n) is 20.5. The van der Waals surface area contributed by atoms with Gasteiger partial charge in [0.2, 0.25) is 0 Å². The van der Waals surface area contributed by atoms with Gasteiger partial charge < -0.3 is 9.16 Å².